The molecule has 2 aromatic rings. The van der Waals surface area contributed by atoms with Crippen molar-refractivity contribution in [2.45, 2.75) is 33.2 Å². The Bertz CT molecular complexity index is 704. The molecule has 3 rings (SSSR count). The van der Waals surface area contributed by atoms with Crippen molar-refractivity contribution in [2.24, 2.45) is 7.05 Å². The fourth-order valence-corrected chi connectivity index (χ4v) is 3.38. The number of aryl methyl sites for hydroxylation is 2. The van der Waals surface area contributed by atoms with Gasteiger partial charge in [-0.2, -0.15) is 5.10 Å². The van der Waals surface area contributed by atoms with Gasteiger partial charge in [0.05, 0.1) is 17.1 Å². The summed E-state index contributed by atoms with van der Waals surface area (Å²) < 4.78 is 1.88. The standard InChI is InChI=1S/C16H20N4S/c1-10-9-13-7-5-6-8-14(13)20(10)16(21)17-15-11(2)18-19(4)12(15)3/h5-8,10H,9H2,1-4H3,(H,17,21). The number of benzene rings is 1. The van der Waals surface area contributed by atoms with Gasteiger partial charge in [0.15, 0.2) is 5.11 Å². The van der Waals surface area contributed by atoms with Crippen LogP contribution in [0.15, 0.2) is 24.3 Å². The summed E-state index contributed by atoms with van der Waals surface area (Å²) in [5, 5.41) is 8.56. The molecule has 1 aliphatic heterocycles. The van der Waals surface area contributed by atoms with E-state index >= 15 is 0 Å². The highest BCUT2D eigenvalue weighted by atomic mass is 32.1. The first kappa shape index (κ1) is 14.1. The van der Waals surface area contributed by atoms with Crippen LogP contribution in [0.4, 0.5) is 11.4 Å². The number of hydrogen-bond donors (Lipinski definition) is 1. The van der Waals surface area contributed by atoms with Gasteiger partial charge in [0.2, 0.25) is 0 Å². The Morgan fingerprint density at radius 2 is 2.05 bits per heavy atom. The minimum absolute atomic E-state index is 0.375. The SMILES string of the molecule is Cc1nn(C)c(C)c1NC(=S)N1c2ccccc2CC1C. The Labute approximate surface area is 130 Å². The molecule has 110 valence electrons. The van der Waals surface area contributed by atoms with Crippen molar-refractivity contribution in [3.8, 4) is 0 Å². The number of nitrogens with one attached hydrogen (secondary N) is 1. The largest absolute Gasteiger partial charge is 0.329 e. The normalized spacial score (nSPS) is 17.0. The van der Waals surface area contributed by atoms with Gasteiger partial charge in [-0.1, -0.05) is 18.2 Å². The van der Waals surface area contributed by atoms with E-state index in [0.29, 0.717) is 6.04 Å². The summed E-state index contributed by atoms with van der Waals surface area (Å²) >= 11 is 5.66. The minimum Gasteiger partial charge on any atom is -0.329 e. The average molecular weight is 300 g/mol. The van der Waals surface area contributed by atoms with Gasteiger partial charge in [-0.25, -0.2) is 0 Å². The van der Waals surface area contributed by atoms with Gasteiger partial charge in [0.25, 0.3) is 0 Å². The number of thiocarbonyl (C=S) groups is 1. The summed E-state index contributed by atoms with van der Waals surface area (Å²) in [7, 11) is 1.95. The van der Waals surface area contributed by atoms with E-state index in [2.05, 4.69) is 46.5 Å². The lowest BCUT2D eigenvalue weighted by Gasteiger charge is -2.26. The molecule has 1 aromatic carbocycles. The van der Waals surface area contributed by atoms with Crippen molar-refractivity contribution < 1.29 is 0 Å². The van der Waals surface area contributed by atoms with Crippen LogP contribution >= 0.6 is 12.2 Å². The number of aromatic nitrogens is 2. The zero-order valence-corrected chi connectivity index (χ0v) is 13.7. The smallest absolute Gasteiger partial charge is 0.178 e. The first-order chi connectivity index (χ1) is 9.99. The van der Waals surface area contributed by atoms with Gasteiger partial charge >= 0.3 is 0 Å². The van der Waals surface area contributed by atoms with Crippen molar-refractivity contribution in [3.63, 3.8) is 0 Å². The Morgan fingerprint density at radius 3 is 2.71 bits per heavy atom. The van der Waals surface area contributed by atoms with Crippen LogP contribution in [0.5, 0.6) is 0 Å². The van der Waals surface area contributed by atoms with Crippen LogP contribution in [0.1, 0.15) is 23.9 Å². The van der Waals surface area contributed by atoms with Gasteiger partial charge in [-0.15, -0.1) is 0 Å². The molecule has 0 radical (unpaired) electrons. The monoisotopic (exact) mass is 300 g/mol. The van der Waals surface area contributed by atoms with Crippen LogP contribution in [-0.4, -0.2) is 20.9 Å². The molecule has 0 fully saturated rings. The van der Waals surface area contributed by atoms with Crippen molar-refractivity contribution in [2.75, 3.05) is 10.2 Å². The zero-order valence-electron chi connectivity index (χ0n) is 12.8. The van der Waals surface area contributed by atoms with E-state index in [1.54, 1.807) is 0 Å². The number of rotatable bonds is 1. The number of fused-ring (bicyclic) bond motifs is 1. The highest BCUT2D eigenvalue weighted by molar-refractivity contribution is 7.80. The maximum absolute atomic E-state index is 5.66. The molecule has 1 aliphatic rings. The van der Waals surface area contributed by atoms with Gasteiger partial charge in [-0.05, 0) is 51.0 Å². The molecular formula is C16H20N4S. The maximum Gasteiger partial charge on any atom is 0.178 e. The molecule has 2 heterocycles. The quantitative estimate of drug-likeness (QED) is 0.820. The Kier molecular flexibility index (Phi) is 3.45. The van der Waals surface area contributed by atoms with E-state index < -0.39 is 0 Å². The first-order valence-electron chi connectivity index (χ1n) is 7.17. The van der Waals surface area contributed by atoms with E-state index in [9.17, 15) is 0 Å². The fraction of sp³-hybridized carbons (Fsp3) is 0.375. The van der Waals surface area contributed by atoms with Crippen molar-refractivity contribution in [1.82, 2.24) is 9.78 Å². The Hall–Kier alpha value is -1.88. The lowest BCUT2D eigenvalue weighted by atomic mass is 10.1. The molecular weight excluding hydrogens is 280 g/mol. The van der Waals surface area contributed by atoms with Gasteiger partial charge < -0.3 is 10.2 Å². The second-order valence-electron chi connectivity index (χ2n) is 5.65. The number of anilines is 2. The lowest BCUT2D eigenvalue weighted by molar-refractivity contribution is 0.731. The molecule has 0 saturated heterocycles. The molecule has 5 heteroatoms. The fourth-order valence-electron chi connectivity index (χ4n) is 3.00. The van der Waals surface area contributed by atoms with Crippen LogP contribution < -0.4 is 10.2 Å². The van der Waals surface area contributed by atoms with Crippen molar-refractivity contribution >= 4 is 28.7 Å². The second kappa shape index (κ2) is 5.15. The molecule has 0 amide bonds. The van der Waals surface area contributed by atoms with Crippen LogP contribution in [0.2, 0.25) is 0 Å². The van der Waals surface area contributed by atoms with Crippen LogP contribution in [-0.2, 0) is 13.5 Å². The van der Waals surface area contributed by atoms with E-state index in [1.165, 1.54) is 11.3 Å². The molecule has 0 saturated carbocycles. The molecule has 0 bridgehead atoms. The first-order valence-corrected chi connectivity index (χ1v) is 7.58. The van der Waals surface area contributed by atoms with E-state index in [0.717, 1.165) is 28.6 Å². The summed E-state index contributed by atoms with van der Waals surface area (Å²) in [6.45, 7) is 6.25. The summed E-state index contributed by atoms with van der Waals surface area (Å²) in [6, 6.07) is 8.83. The summed E-state index contributed by atoms with van der Waals surface area (Å²) in [6.07, 6.45) is 1.03. The highest BCUT2D eigenvalue weighted by Gasteiger charge is 2.29. The molecule has 0 aliphatic carbocycles. The number of para-hydroxylation sites is 1. The van der Waals surface area contributed by atoms with Gasteiger partial charge in [0.1, 0.15) is 0 Å². The summed E-state index contributed by atoms with van der Waals surface area (Å²) in [5.74, 6) is 0. The third kappa shape index (κ3) is 2.31. The molecule has 1 N–H and O–H groups in total. The number of hydrogen-bond acceptors (Lipinski definition) is 2. The number of nitrogens with zero attached hydrogens (tertiary/aromatic N) is 3. The second-order valence-corrected chi connectivity index (χ2v) is 6.04. The van der Waals surface area contributed by atoms with Gasteiger partial charge in [0, 0.05) is 18.8 Å². The summed E-state index contributed by atoms with van der Waals surface area (Å²) in [5.41, 5.74) is 5.64. The predicted octanol–water partition coefficient (Wildman–Crippen LogP) is 3.18. The van der Waals surface area contributed by atoms with Crippen molar-refractivity contribution in [1.29, 1.82) is 0 Å². The van der Waals surface area contributed by atoms with E-state index in [-0.39, 0.29) is 0 Å². The third-order valence-corrected chi connectivity index (χ3v) is 4.47. The predicted molar refractivity (Wildman–Crippen MR) is 91.0 cm³/mol. The molecule has 1 unspecified atom stereocenters. The molecule has 1 aromatic heterocycles. The third-order valence-electron chi connectivity index (χ3n) is 4.17. The van der Waals surface area contributed by atoms with Crippen LogP contribution in [0.3, 0.4) is 0 Å². The Balaban J connectivity index is 1.89. The molecule has 4 nitrogen and oxygen atoms in total. The highest BCUT2D eigenvalue weighted by Crippen LogP contribution is 2.32. The topological polar surface area (TPSA) is 33.1 Å². The lowest BCUT2D eigenvalue weighted by Crippen LogP contribution is -2.39. The van der Waals surface area contributed by atoms with Crippen LogP contribution in [0.25, 0.3) is 0 Å². The average Bonchev–Trinajstić information content (AvgIpc) is 2.89. The van der Waals surface area contributed by atoms with Gasteiger partial charge in [-0.3, -0.25) is 4.68 Å². The molecule has 21 heavy (non-hydrogen) atoms. The van der Waals surface area contributed by atoms with Crippen molar-refractivity contribution in [3.05, 3.63) is 41.2 Å². The maximum atomic E-state index is 5.66. The molecule has 1 atom stereocenters. The molecule has 0 spiro atoms. The van der Waals surface area contributed by atoms with E-state index in [1.807, 2.05) is 25.6 Å². The Morgan fingerprint density at radius 1 is 1.33 bits per heavy atom. The summed E-state index contributed by atoms with van der Waals surface area (Å²) in [4.78, 5) is 2.20. The van der Waals surface area contributed by atoms with Crippen LogP contribution in [0, 0.1) is 13.8 Å². The van der Waals surface area contributed by atoms with E-state index in [4.69, 9.17) is 12.2 Å². The minimum atomic E-state index is 0.375. The zero-order chi connectivity index (χ0) is 15.1.